The van der Waals surface area contributed by atoms with Crippen LogP contribution in [0.2, 0.25) is 0 Å². The normalized spacial score (nSPS) is 16.6. The maximum Gasteiger partial charge on any atom is 0.221 e. The maximum atomic E-state index is 11.1. The minimum absolute atomic E-state index is 0.0642. The molecule has 0 fully saturated rings. The monoisotopic (exact) mass is 291 g/mol. The third-order valence-electron chi connectivity index (χ3n) is 3.57. The molecule has 1 aliphatic heterocycles. The van der Waals surface area contributed by atoms with Crippen molar-refractivity contribution in [2.45, 2.75) is 39.2 Å². The van der Waals surface area contributed by atoms with Crippen LogP contribution in [0.25, 0.3) is 0 Å². The van der Waals surface area contributed by atoms with E-state index in [9.17, 15) is 4.79 Å². The Bertz CT molecular complexity index is 524. The third kappa shape index (κ3) is 3.54. The van der Waals surface area contributed by atoms with E-state index in [1.165, 1.54) is 6.92 Å². The molecule has 1 heterocycles. The highest BCUT2D eigenvalue weighted by molar-refractivity contribution is 8.14. The molecule has 0 aliphatic carbocycles. The number of nitrogens with zero attached hydrogens (tertiary/aromatic N) is 1. The van der Waals surface area contributed by atoms with Crippen LogP contribution in [0, 0.1) is 0 Å². The number of amides is 1. The molecule has 1 aromatic carbocycles. The first-order valence-corrected chi connectivity index (χ1v) is 7.93. The lowest BCUT2D eigenvalue weighted by atomic mass is 9.97. The molecular weight excluding hydrogens is 270 g/mol. The third-order valence-corrected chi connectivity index (χ3v) is 4.72. The number of carbonyl (C=O) groups is 1. The number of aliphatic imine (C=N–C) groups is 1. The van der Waals surface area contributed by atoms with Crippen molar-refractivity contribution < 1.29 is 4.79 Å². The summed E-state index contributed by atoms with van der Waals surface area (Å²) in [6.07, 6.45) is 2.13. The van der Waals surface area contributed by atoms with E-state index in [1.807, 2.05) is 24.3 Å². The van der Waals surface area contributed by atoms with Crippen LogP contribution in [0.5, 0.6) is 0 Å². The molecule has 1 aliphatic rings. The zero-order chi connectivity index (χ0) is 14.6. The molecule has 5 heteroatoms. The van der Waals surface area contributed by atoms with E-state index in [-0.39, 0.29) is 11.4 Å². The quantitative estimate of drug-likeness (QED) is 0.889. The van der Waals surface area contributed by atoms with Crippen molar-refractivity contribution in [3.63, 3.8) is 0 Å². The molecule has 0 aromatic heterocycles. The molecule has 108 valence electrons. The smallest absolute Gasteiger partial charge is 0.221 e. The standard InChI is InChI=1S/C15H21N3OS/c1-4-15(5-2)10-20-14(18-15)17-13-8-6-7-12(9-13)16-11(3)19/h6-9H,4-5,10H2,1-3H3,(H,16,19)(H,17,18). The van der Waals surface area contributed by atoms with Crippen molar-refractivity contribution in [1.29, 1.82) is 0 Å². The molecule has 0 saturated heterocycles. The summed E-state index contributed by atoms with van der Waals surface area (Å²) in [5, 5.41) is 7.09. The van der Waals surface area contributed by atoms with Gasteiger partial charge >= 0.3 is 0 Å². The predicted octanol–water partition coefficient (Wildman–Crippen LogP) is 3.72. The van der Waals surface area contributed by atoms with Crippen molar-refractivity contribution in [2.75, 3.05) is 16.4 Å². The van der Waals surface area contributed by atoms with Crippen LogP contribution in [0.3, 0.4) is 0 Å². The second-order valence-electron chi connectivity index (χ2n) is 5.02. The van der Waals surface area contributed by atoms with E-state index < -0.39 is 0 Å². The molecule has 0 radical (unpaired) electrons. The number of hydrogen-bond donors (Lipinski definition) is 2. The number of carbonyl (C=O) groups excluding carboxylic acids is 1. The zero-order valence-corrected chi connectivity index (χ0v) is 13.0. The summed E-state index contributed by atoms with van der Waals surface area (Å²) in [7, 11) is 0. The summed E-state index contributed by atoms with van der Waals surface area (Å²) in [6.45, 7) is 5.88. The minimum Gasteiger partial charge on any atom is -0.335 e. The van der Waals surface area contributed by atoms with Crippen molar-refractivity contribution >= 4 is 34.2 Å². The molecule has 0 spiro atoms. The molecule has 2 rings (SSSR count). The van der Waals surface area contributed by atoms with E-state index in [0.29, 0.717) is 0 Å². The highest BCUT2D eigenvalue weighted by Gasteiger charge is 2.32. The van der Waals surface area contributed by atoms with Crippen molar-refractivity contribution in [2.24, 2.45) is 4.99 Å². The van der Waals surface area contributed by atoms with Gasteiger partial charge in [-0.1, -0.05) is 31.7 Å². The van der Waals surface area contributed by atoms with Gasteiger partial charge < -0.3 is 10.6 Å². The second kappa shape index (κ2) is 6.31. The fourth-order valence-corrected chi connectivity index (χ4v) is 3.49. The van der Waals surface area contributed by atoms with Crippen molar-refractivity contribution in [3.05, 3.63) is 24.3 Å². The number of anilines is 2. The van der Waals surface area contributed by atoms with Crippen LogP contribution in [-0.4, -0.2) is 22.4 Å². The number of amidine groups is 1. The molecular formula is C15H21N3OS. The lowest BCUT2D eigenvalue weighted by Gasteiger charge is -2.20. The van der Waals surface area contributed by atoms with Crippen LogP contribution in [-0.2, 0) is 4.79 Å². The number of benzene rings is 1. The Kier molecular flexibility index (Phi) is 4.70. The van der Waals surface area contributed by atoms with Crippen LogP contribution < -0.4 is 10.6 Å². The molecule has 1 aromatic rings. The maximum absolute atomic E-state index is 11.1. The van der Waals surface area contributed by atoms with Crippen LogP contribution in [0.1, 0.15) is 33.6 Å². The van der Waals surface area contributed by atoms with Crippen LogP contribution in [0.15, 0.2) is 29.3 Å². The molecule has 20 heavy (non-hydrogen) atoms. The SMILES string of the molecule is CCC1(CC)CSC(Nc2cccc(NC(C)=O)c2)=N1. The van der Waals surface area contributed by atoms with E-state index >= 15 is 0 Å². The van der Waals surface area contributed by atoms with Crippen LogP contribution >= 0.6 is 11.8 Å². The van der Waals surface area contributed by atoms with Gasteiger partial charge in [-0.15, -0.1) is 0 Å². The molecule has 2 N–H and O–H groups in total. The average molecular weight is 291 g/mol. The number of thioether (sulfide) groups is 1. The van der Waals surface area contributed by atoms with E-state index in [0.717, 1.165) is 35.1 Å². The number of rotatable bonds is 4. The average Bonchev–Trinajstić information content (AvgIpc) is 2.82. The van der Waals surface area contributed by atoms with Crippen LogP contribution in [0.4, 0.5) is 11.4 Å². The molecule has 0 saturated carbocycles. The topological polar surface area (TPSA) is 53.5 Å². The Hall–Kier alpha value is -1.49. The first-order chi connectivity index (χ1) is 9.57. The van der Waals surface area contributed by atoms with E-state index in [4.69, 9.17) is 4.99 Å². The Labute approximate surface area is 124 Å². The largest absolute Gasteiger partial charge is 0.335 e. The van der Waals surface area contributed by atoms with Crippen molar-refractivity contribution in [1.82, 2.24) is 0 Å². The lowest BCUT2D eigenvalue weighted by molar-refractivity contribution is -0.114. The van der Waals surface area contributed by atoms with E-state index in [1.54, 1.807) is 11.8 Å². The summed E-state index contributed by atoms with van der Waals surface area (Å²) in [4.78, 5) is 15.9. The number of hydrogen-bond acceptors (Lipinski definition) is 4. The van der Waals surface area contributed by atoms with E-state index in [2.05, 4.69) is 24.5 Å². The zero-order valence-electron chi connectivity index (χ0n) is 12.2. The van der Waals surface area contributed by atoms with Crippen molar-refractivity contribution in [3.8, 4) is 0 Å². The van der Waals surface area contributed by atoms with Gasteiger partial charge in [-0.05, 0) is 31.0 Å². The Balaban J connectivity index is 2.09. The van der Waals surface area contributed by atoms with Gasteiger partial charge in [-0.2, -0.15) is 0 Å². The minimum atomic E-state index is -0.0642. The van der Waals surface area contributed by atoms with Gasteiger partial charge in [-0.3, -0.25) is 9.79 Å². The van der Waals surface area contributed by atoms with Gasteiger partial charge in [-0.25, -0.2) is 0 Å². The summed E-state index contributed by atoms with van der Waals surface area (Å²) < 4.78 is 0. The highest BCUT2D eigenvalue weighted by Crippen LogP contribution is 2.33. The van der Waals surface area contributed by atoms with Gasteiger partial charge in [0.05, 0.1) is 5.54 Å². The lowest BCUT2D eigenvalue weighted by Crippen LogP contribution is -2.24. The Morgan fingerprint density at radius 3 is 2.65 bits per heavy atom. The first-order valence-electron chi connectivity index (χ1n) is 6.94. The second-order valence-corrected chi connectivity index (χ2v) is 5.99. The fourth-order valence-electron chi connectivity index (χ4n) is 2.16. The highest BCUT2D eigenvalue weighted by atomic mass is 32.2. The molecule has 0 atom stereocenters. The first kappa shape index (κ1) is 14.9. The molecule has 4 nitrogen and oxygen atoms in total. The predicted molar refractivity (Wildman–Crippen MR) is 87.6 cm³/mol. The molecule has 1 amide bonds. The fraction of sp³-hybridized carbons (Fsp3) is 0.467. The van der Waals surface area contributed by atoms with Gasteiger partial charge in [0.2, 0.25) is 5.91 Å². The van der Waals surface area contributed by atoms with Gasteiger partial charge in [0.15, 0.2) is 5.17 Å². The molecule has 0 bridgehead atoms. The van der Waals surface area contributed by atoms with Gasteiger partial charge in [0.1, 0.15) is 0 Å². The summed E-state index contributed by atoms with van der Waals surface area (Å²) in [6, 6.07) is 7.69. The summed E-state index contributed by atoms with van der Waals surface area (Å²) in [5.74, 6) is 0.971. The summed E-state index contributed by atoms with van der Waals surface area (Å²) in [5.41, 5.74) is 1.83. The number of nitrogens with one attached hydrogen (secondary N) is 2. The summed E-state index contributed by atoms with van der Waals surface area (Å²) >= 11 is 1.76. The van der Waals surface area contributed by atoms with Gasteiger partial charge in [0, 0.05) is 24.1 Å². The molecule has 0 unspecified atom stereocenters. The Morgan fingerprint density at radius 1 is 1.35 bits per heavy atom. The Morgan fingerprint density at radius 2 is 2.05 bits per heavy atom. The van der Waals surface area contributed by atoms with Gasteiger partial charge in [0.25, 0.3) is 0 Å².